The van der Waals surface area contributed by atoms with Crippen LogP contribution in [-0.2, 0) is 13.6 Å². The summed E-state index contributed by atoms with van der Waals surface area (Å²) in [6.45, 7) is 3.29. The minimum atomic E-state index is 1.02. The topological polar surface area (TPSA) is 9.86 Å². The summed E-state index contributed by atoms with van der Waals surface area (Å²) in [4.78, 5) is 0. The molecule has 37 heavy (non-hydrogen) atoms. The van der Waals surface area contributed by atoms with Crippen LogP contribution in [0.25, 0.3) is 57.1 Å². The summed E-state index contributed by atoms with van der Waals surface area (Å²) in [5.41, 5.74) is 8.80. The van der Waals surface area contributed by atoms with Crippen molar-refractivity contribution in [1.29, 1.82) is 0 Å². The van der Waals surface area contributed by atoms with Crippen molar-refractivity contribution in [3.8, 4) is 0 Å². The van der Waals surface area contributed by atoms with E-state index in [-0.39, 0.29) is 0 Å². The maximum Gasteiger partial charge on any atom is 0.122 e. The number of benzene rings is 4. The summed E-state index contributed by atoms with van der Waals surface area (Å²) >= 11 is 0. The van der Waals surface area contributed by atoms with E-state index in [2.05, 4.69) is 144 Å². The lowest BCUT2D eigenvalue weighted by atomic mass is 10.1. The molecule has 0 saturated heterocycles. The summed E-state index contributed by atoms with van der Waals surface area (Å²) < 4.78 is 4.92. The normalized spacial score (nSPS) is 12.2. The first-order chi connectivity index (χ1) is 18.2. The average molecular weight is 481 g/mol. The first-order valence-electron chi connectivity index (χ1n) is 13.2. The predicted molar refractivity (Wildman–Crippen MR) is 162 cm³/mol. The van der Waals surface area contributed by atoms with Crippen LogP contribution in [0.5, 0.6) is 0 Å². The van der Waals surface area contributed by atoms with E-state index in [0.717, 1.165) is 13.0 Å². The van der Waals surface area contributed by atoms with E-state index >= 15 is 0 Å². The number of aromatic nitrogens is 2. The van der Waals surface area contributed by atoms with Gasteiger partial charge < -0.3 is 9.13 Å². The summed E-state index contributed by atoms with van der Waals surface area (Å²) in [5.74, 6) is 0. The van der Waals surface area contributed by atoms with Gasteiger partial charge in [-0.3, -0.25) is 0 Å². The van der Waals surface area contributed by atoms with Gasteiger partial charge in [0.25, 0.3) is 0 Å². The zero-order chi connectivity index (χ0) is 25.2. The zero-order valence-electron chi connectivity index (χ0n) is 21.6. The molecule has 6 rings (SSSR count). The Labute approximate surface area is 218 Å². The number of aryl methyl sites for hydroxylation is 2. The van der Waals surface area contributed by atoms with Gasteiger partial charge >= 0.3 is 0 Å². The van der Waals surface area contributed by atoms with E-state index in [1.54, 1.807) is 0 Å². The third-order valence-corrected chi connectivity index (χ3v) is 7.30. The van der Waals surface area contributed by atoms with Gasteiger partial charge in [-0.15, -0.1) is 0 Å². The number of hydrogen-bond donors (Lipinski definition) is 0. The highest BCUT2D eigenvalue weighted by Gasteiger charge is 2.18. The van der Waals surface area contributed by atoms with Gasteiger partial charge in [-0.25, -0.2) is 0 Å². The molecule has 182 valence electrons. The molecule has 6 aromatic rings. The Morgan fingerprint density at radius 1 is 0.595 bits per heavy atom. The largest absolute Gasteiger partial charge is 0.330 e. The third-order valence-electron chi connectivity index (χ3n) is 7.30. The molecule has 0 bridgehead atoms. The van der Waals surface area contributed by atoms with Gasteiger partial charge in [0.15, 0.2) is 0 Å². The molecule has 0 radical (unpaired) electrons. The number of hydrogen-bond acceptors (Lipinski definition) is 0. The van der Waals surface area contributed by atoms with Crippen molar-refractivity contribution in [2.24, 2.45) is 7.05 Å². The lowest BCUT2D eigenvalue weighted by molar-refractivity contribution is 0.655. The molecule has 0 amide bonds. The van der Waals surface area contributed by atoms with Crippen molar-refractivity contribution >= 4 is 57.1 Å². The van der Waals surface area contributed by atoms with Crippen molar-refractivity contribution in [1.82, 2.24) is 9.13 Å². The fourth-order valence-corrected chi connectivity index (χ4v) is 5.38. The van der Waals surface area contributed by atoms with E-state index in [4.69, 9.17) is 0 Å². The van der Waals surface area contributed by atoms with E-state index in [0.29, 0.717) is 0 Å². The quantitative estimate of drug-likeness (QED) is 0.201. The van der Waals surface area contributed by atoms with Crippen LogP contribution in [0.15, 0.2) is 97.1 Å². The second-order valence-corrected chi connectivity index (χ2v) is 9.80. The lowest BCUT2D eigenvalue weighted by Gasteiger charge is -2.09. The van der Waals surface area contributed by atoms with E-state index in [1.165, 1.54) is 61.5 Å². The van der Waals surface area contributed by atoms with Gasteiger partial charge in [-0.05, 0) is 40.8 Å². The van der Waals surface area contributed by atoms with Crippen LogP contribution < -0.4 is 0 Å². The lowest BCUT2D eigenvalue weighted by Crippen LogP contribution is -2.01. The molecule has 2 heterocycles. The van der Waals surface area contributed by atoms with Crippen molar-refractivity contribution < 1.29 is 0 Å². The maximum atomic E-state index is 2.54. The van der Waals surface area contributed by atoms with E-state index in [9.17, 15) is 0 Å². The number of fused-ring (bicyclic) bond motifs is 5. The van der Waals surface area contributed by atoms with Crippen LogP contribution in [0.1, 0.15) is 42.0 Å². The molecule has 0 saturated carbocycles. The molecule has 2 aromatic heterocycles. The van der Waals surface area contributed by atoms with E-state index < -0.39 is 0 Å². The molecule has 2 nitrogen and oxygen atoms in total. The first-order valence-corrected chi connectivity index (χ1v) is 13.2. The van der Waals surface area contributed by atoms with Gasteiger partial charge in [-0.1, -0.05) is 123 Å². The van der Waals surface area contributed by atoms with Crippen LogP contribution in [0.3, 0.4) is 0 Å². The smallest absolute Gasteiger partial charge is 0.122 e. The fourth-order valence-electron chi connectivity index (χ4n) is 5.38. The molecule has 2 heteroatoms. The standard InChI is InChI=1S/C35H32N2/c1-3-4-23-37-33-25-29(18-16-27-13-9-6-10-14-27)20-22-31(33)34-30-21-19-28(24-32(30)36(2)35(34)37)17-15-26-11-7-5-8-12-26/h5-22,24-25H,3-4,23H2,1-2H3/b17-15+,18-16+. The minimum absolute atomic E-state index is 1.02. The second kappa shape index (κ2) is 9.99. The third kappa shape index (κ3) is 4.40. The molecular weight excluding hydrogens is 448 g/mol. The van der Waals surface area contributed by atoms with Crippen molar-refractivity contribution in [3.05, 3.63) is 119 Å². The summed E-state index contributed by atoms with van der Waals surface area (Å²) in [6, 6.07) is 34.8. The summed E-state index contributed by atoms with van der Waals surface area (Å²) in [6.07, 6.45) is 11.1. The Kier molecular flexibility index (Phi) is 6.24. The minimum Gasteiger partial charge on any atom is -0.330 e. The van der Waals surface area contributed by atoms with Gasteiger partial charge in [0.05, 0.1) is 11.0 Å². The summed E-state index contributed by atoms with van der Waals surface area (Å²) in [7, 11) is 2.22. The molecular formula is C35H32N2. The van der Waals surface area contributed by atoms with Gasteiger partial charge in [-0.2, -0.15) is 0 Å². The van der Waals surface area contributed by atoms with E-state index in [1.807, 2.05) is 0 Å². The molecule has 0 atom stereocenters. The molecule has 0 aliphatic rings. The Balaban J connectivity index is 1.47. The number of rotatable bonds is 7. The maximum absolute atomic E-state index is 2.54. The highest BCUT2D eigenvalue weighted by Crippen LogP contribution is 2.38. The number of nitrogens with zero attached hydrogens (tertiary/aromatic N) is 2. The molecule has 0 fully saturated rings. The highest BCUT2D eigenvalue weighted by molar-refractivity contribution is 6.21. The van der Waals surface area contributed by atoms with Gasteiger partial charge in [0.1, 0.15) is 5.65 Å². The van der Waals surface area contributed by atoms with Gasteiger partial charge in [0.2, 0.25) is 0 Å². The van der Waals surface area contributed by atoms with Crippen LogP contribution >= 0.6 is 0 Å². The van der Waals surface area contributed by atoms with Crippen LogP contribution in [0.4, 0.5) is 0 Å². The predicted octanol–water partition coefficient (Wildman–Crippen LogP) is 9.43. The Morgan fingerprint density at radius 2 is 1.11 bits per heavy atom. The Bertz CT molecular complexity index is 1750. The molecule has 0 spiro atoms. The van der Waals surface area contributed by atoms with Crippen LogP contribution in [0, 0.1) is 0 Å². The SMILES string of the molecule is CCCCn1c2cc(/C=C/c3ccccc3)ccc2c2c3ccc(/C=C/c4ccccc4)cc3n(C)c21. The van der Waals surface area contributed by atoms with Crippen molar-refractivity contribution in [2.45, 2.75) is 26.3 Å². The monoisotopic (exact) mass is 480 g/mol. The first kappa shape index (κ1) is 23.1. The van der Waals surface area contributed by atoms with Crippen LogP contribution in [0.2, 0.25) is 0 Å². The molecule has 0 N–H and O–H groups in total. The molecule has 0 unspecified atom stereocenters. The number of unbranched alkanes of at least 4 members (excludes halogenated alkanes) is 1. The fraction of sp³-hybridized carbons (Fsp3) is 0.143. The van der Waals surface area contributed by atoms with Crippen molar-refractivity contribution in [3.63, 3.8) is 0 Å². The van der Waals surface area contributed by atoms with Crippen LogP contribution in [-0.4, -0.2) is 9.13 Å². The average Bonchev–Trinajstić information content (AvgIpc) is 3.42. The Morgan fingerprint density at radius 3 is 1.68 bits per heavy atom. The zero-order valence-corrected chi connectivity index (χ0v) is 21.6. The molecule has 0 aliphatic heterocycles. The van der Waals surface area contributed by atoms with Crippen molar-refractivity contribution in [2.75, 3.05) is 0 Å². The Hall–Kier alpha value is -4.30. The molecule has 0 aliphatic carbocycles. The van der Waals surface area contributed by atoms with Gasteiger partial charge in [0, 0.05) is 29.8 Å². The molecule has 4 aromatic carbocycles. The summed E-state index contributed by atoms with van der Waals surface area (Å²) in [5, 5.41) is 4.02. The highest BCUT2D eigenvalue weighted by atomic mass is 15.1. The second-order valence-electron chi connectivity index (χ2n) is 9.80.